The quantitative estimate of drug-likeness (QED) is 0.845. The highest BCUT2D eigenvalue weighted by Gasteiger charge is 2.10. The van der Waals surface area contributed by atoms with Gasteiger partial charge < -0.3 is 10.6 Å². The first-order chi connectivity index (χ1) is 9.15. The van der Waals surface area contributed by atoms with Crippen molar-refractivity contribution in [3.63, 3.8) is 0 Å². The standard InChI is InChI=1S/C12H10ClFN4O/c1-15-12-9(14)2-3-10(18-12)7-4-11(17-6-19)16-5-8(7)13/h2-6H,1H3,(H,15,18)(H,16,17,19). The molecule has 0 aliphatic heterocycles. The fourth-order valence-electron chi connectivity index (χ4n) is 1.54. The first-order valence-electron chi connectivity index (χ1n) is 5.36. The summed E-state index contributed by atoms with van der Waals surface area (Å²) in [7, 11) is 1.57. The minimum absolute atomic E-state index is 0.121. The molecule has 0 fully saturated rings. The summed E-state index contributed by atoms with van der Waals surface area (Å²) < 4.78 is 13.4. The van der Waals surface area contributed by atoms with E-state index in [4.69, 9.17) is 11.6 Å². The van der Waals surface area contributed by atoms with Crippen LogP contribution in [0.25, 0.3) is 11.3 Å². The molecule has 0 saturated heterocycles. The molecular formula is C12H10ClFN4O. The second-order valence-electron chi connectivity index (χ2n) is 3.59. The van der Waals surface area contributed by atoms with Gasteiger partial charge in [0.25, 0.3) is 0 Å². The van der Waals surface area contributed by atoms with Crippen LogP contribution in [0.2, 0.25) is 5.02 Å². The van der Waals surface area contributed by atoms with Crippen LogP contribution in [-0.4, -0.2) is 23.4 Å². The van der Waals surface area contributed by atoms with Crippen LogP contribution in [-0.2, 0) is 4.79 Å². The van der Waals surface area contributed by atoms with Gasteiger partial charge in [0.2, 0.25) is 6.41 Å². The maximum absolute atomic E-state index is 13.4. The third-order valence-corrected chi connectivity index (χ3v) is 2.72. The van der Waals surface area contributed by atoms with Crippen molar-refractivity contribution in [2.24, 2.45) is 0 Å². The summed E-state index contributed by atoms with van der Waals surface area (Å²) in [6.45, 7) is 0. The van der Waals surface area contributed by atoms with E-state index < -0.39 is 5.82 Å². The molecule has 2 rings (SSSR count). The summed E-state index contributed by atoms with van der Waals surface area (Å²) in [5.74, 6) is 0.00415. The van der Waals surface area contributed by atoms with Crippen molar-refractivity contribution in [2.75, 3.05) is 17.7 Å². The van der Waals surface area contributed by atoms with Crippen molar-refractivity contribution in [3.8, 4) is 11.3 Å². The molecule has 0 saturated carbocycles. The third kappa shape index (κ3) is 2.79. The summed E-state index contributed by atoms with van der Waals surface area (Å²) >= 11 is 6.03. The lowest BCUT2D eigenvalue weighted by molar-refractivity contribution is -0.105. The number of hydrogen-bond donors (Lipinski definition) is 2. The van der Waals surface area contributed by atoms with Gasteiger partial charge in [-0.05, 0) is 18.2 Å². The summed E-state index contributed by atoms with van der Waals surface area (Å²) in [6, 6.07) is 4.36. The van der Waals surface area contributed by atoms with E-state index in [2.05, 4.69) is 20.6 Å². The Bertz CT molecular complexity index is 621. The number of rotatable bonds is 4. The lowest BCUT2D eigenvalue weighted by atomic mass is 10.1. The van der Waals surface area contributed by atoms with Crippen molar-refractivity contribution >= 4 is 29.6 Å². The number of carbonyl (C=O) groups is 1. The summed E-state index contributed by atoms with van der Waals surface area (Å²) in [4.78, 5) is 18.4. The highest BCUT2D eigenvalue weighted by Crippen LogP contribution is 2.29. The van der Waals surface area contributed by atoms with Crippen LogP contribution < -0.4 is 10.6 Å². The van der Waals surface area contributed by atoms with Crippen LogP contribution in [0.4, 0.5) is 16.0 Å². The van der Waals surface area contributed by atoms with Gasteiger partial charge >= 0.3 is 0 Å². The number of nitrogens with one attached hydrogen (secondary N) is 2. The minimum atomic E-state index is -0.456. The number of amides is 1. The van der Waals surface area contributed by atoms with Crippen molar-refractivity contribution in [1.82, 2.24) is 9.97 Å². The van der Waals surface area contributed by atoms with Crippen LogP contribution in [0.1, 0.15) is 0 Å². The smallest absolute Gasteiger partial charge is 0.212 e. The van der Waals surface area contributed by atoms with Crippen LogP contribution in [0.3, 0.4) is 0 Å². The molecule has 0 atom stereocenters. The molecule has 0 radical (unpaired) electrons. The average molecular weight is 281 g/mol. The van der Waals surface area contributed by atoms with Gasteiger partial charge in [0.1, 0.15) is 5.82 Å². The fraction of sp³-hybridized carbons (Fsp3) is 0.0833. The van der Waals surface area contributed by atoms with E-state index in [1.807, 2.05) is 0 Å². The molecule has 2 aromatic heterocycles. The molecule has 7 heteroatoms. The van der Waals surface area contributed by atoms with Gasteiger partial charge in [-0.1, -0.05) is 11.6 Å². The van der Waals surface area contributed by atoms with E-state index in [0.717, 1.165) is 0 Å². The molecule has 1 amide bonds. The Hall–Kier alpha value is -2.21. The summed E-state index contributed by atoms with van der Waals surface area (Å²) in [5, 5.41) is 5.42. The average Bonchev–Trinajstić information content (AvgIpc) is 2.42. The van der Waals surface area contributed by atoms with E-state index in [0.29, 0.717) is 28.5 Å². The van der Waals surface area contributed by atoms with Gasteiger partial charge in [0.05, 0.1) is 10.7 Å². The second-order valence-corrected chi connectivity index (χ2v) is 4.00. The van der Waals surface area contributed by atoms with Crippen molar-refractivity contribution in [3.05, 3.63) is 35.2 Å². The second kappa shape index (κ2) is 5.62. The molecule has 2 N–H and O–H groups in total. The molecule has 0 spiro atoms. The van der Waals surface area contributed by atoms with Crippen LogP contribution in [0.15, 0.2) is 24.4 Å². The maximum atomic E-state index is 13.4. The Morgan fingerprint density at radius 3 is 2.89 bits per heavy atom. The SMILES string of the molecule is CNc1nc(-c2cc(NC=O)ncc2Cl)ccc1F. The van der Waals surface area contributed by atoms with Crippen molar-refractivity contribution < 1.29 is 9.18 Å². The Kier molecular flexibility index (Phi) is 3.91. The summed E-state index contributed by atoms with van der Waals surface area (Å²) in [6.07, 6.45) is 1.91. The molecular weight excluding hydrogens is 271 g/mol. The van der Waals surface area contributed by atoms with Gasteiger partial charge in [0, 0.05) is 18.8 Å². The Morgan fingerprint density at radius 1 is 1.42 bits per heavy atom. The normalized spacial score (nSPS) is 10.1. The van der Waals surface area contributed by atoms with Crippen molar-refractivity contribution in [1.29, 1.82) is 0 Å². The van der Waals surface area contributed by atoms with E-state index in [-0.39, 0.29) is 5.82 Å². The first kappa shape index (κ1) is 13.2. The van der Waals surface area contributed by atoms with E-state index in [1.165, 1.54) is 18.3 Å². The summed E-state index contributed by atoms with van der Waals surface area (Å²) in [5.41, 5.74) is 1.03. The predicted molar refractivity (Wildman–Crippen MR) is 71.7 cm³/mol. The number of hydrogen-bond acceptors (Lipinski definition) is 4. The van der Waals surface area contributed by atoms with E-state index in [9.17, 15) is 9.18 Å². The highest BCUT2D eigenvalue weighted by molar-refractivity contribution is 6.33. The van der Waals surface area contributed by atoms with Crippen LogP contribution in [0, 0.1) is 5.82 Å². The topological polar surface area (TPSA) is 66.9 Å². The molecule has 2 aromatic rings. The zero-order valence-electron chi connectivity index (χ0n) is 9.95. The number of anilines is 2. The number of nitrogens with zero attached hydrogens (tertiary/aromatic N) is 2. The van der Waals surface area contributed by atoms with E-state index >= 15 is 0 Å². The van der Waals surface area contributed by atoms with Gasteiger partial charge in [-0.3, -0.25) is 4.79 Å². The van der Waals surface area contributed by atoms with Crippen molar-refractivity contribution in [2.45, 2.75) is 0 Å². The number of carbonyl (C=O) groups excluding carboxylic acids is 1. The van der Waals surface area contributed by atoms with Gasteiger partial charge in [-0.2, -0.15) is 0 Å². The Morgan fingerprint density at radius 2 is 2.21 bits per heavy atom. The molecule has 2 heterocycles. The van der Waals surface area contributed by atoms with Crippen LogP contribution in [0.5, 0.6) is 0 Å². The molecule has 5 nitrogen and oxygen atoms in total. The number of aromatic nitrogens is 2. The molecule has 0 aliphatic carbocycles. The lowest BCUT2D eigenvalue weighted by Gasteiger charge is -2.08. The Labute approximate surface area is 113 Å². The largest absolute Gasteiger partial charge is 0.371 e. The van der Waals surface area contributed by atoms with Gasteiger partial charge in [-0.15, -0.1) is 0 Å². The molecule has 19 heavy (non-hydrogen) atoms. The molecule has 0 unspecified atom stereocenters. The van der Waals surface area contributed by atoms with E-state index in [1.54, 1.807) is 13.1 Å². The monoisotopic (exact) mass is 280 g/mol. The molecule has 0 aliphatic rings. The number of pyridine rings is 2. The van der Waals surface area contributed by atoms with Gasteiger partial charge in [0.15, 0.2) is 11.6 Å². The van der Waals surface area contributed by atoms with Crippen LogP contribution >= 0.6 is 11.6 Å². The maximum Gasteiger partial charge on any atom is 0.212 e. The minimum Gasteiger partial charge on any atom is -0.371 e. The Balaban J connectivity index is 2.51. The zero-order chi connectivity index (χ0) is 13.8. The molecule has 0 aromatic carbocycles. The lowest BCUT2D eigenvalue weighted by Crippen LogP contribution is -2.00. The first-order valence-corrected chi connectivity index (χ1v) is 5.74. The highest BCUT2D eigenvalue weighted by atomic mass is 35.5. The number of halogens is 2. The third-order valence-electron chi connectivity index (χ3n) is 2.42. The zero-order valence-corrected chi connectivity index (χ0v) is 10.7. The molecule has 0 bridgehead atoms. The predicted octanol–water partition coefficient (Wildman–Crippen LogP) is 2.55. The fourth-order valence-corrected chi connectivity index (χ4v) is 1.74. The molecule has 98 valence electrons. The van der Waals surface area contributed by atoms with Gasteiger partial charge in [-0.25, -0.2) is 14.4 Å².